The van der Waals surface area contributed by atoms with Gasteiger partial charge in [0.05, 0.1) is 12.2 Å². The first-order valence-corrected chi connectivity index (χ1v) is 10.1. The van der Waals surface area contributed by atoms with Gasteiger partial charge in [-0.1, -0.05) is 18.2 Å². The van der Waals surface area contributed by atoms with Crippen LogP contribution in [0.1, 0.15) is 38.7 Å². The number of morpholine rings is 1. The molecule has 1 N–H and O–H groups in total. The Kier molecular flexibility index (Phi) is 5.30. The zero-order chi connectivity index (χ0) is 17.2. The Bertz CT molecular complexity index is 564. The monoisotopic (exact) mass is 343 g/mol. The Hall–Kier alpha value is -1.10. The third-order valence-electron chi connectivity index (χ3n) is 5.88. The Balaban J connectivity index is 1.31. The van der Waals surface area contributed by atoms with E-state index in [9.17, 15) is 0 Å². The minimum absolute atomic E-state index is 0.302. The number of ether oxygens (including phenoxy) is 1. The third-order valence-corrected chi connectivity index (χ3v) is 5.88. The third kappa shape index (κ3) is 4.36. The molecule has 1 aliphatic carbocycles. The maximum atomic E-state index is 5.90. The highest BCUT2D eigenvalue weighted by atomic mass is 16.5. The van der Waals surface area contributed by atoms with Gasteiger partial charge >= 0.3 is 0 Å². The number of likely N-dealkylation sites (tertiary alicyclic amines) is 1. The van der Waals surface area contributed by atoms with Gasteiger partial charge < -0.3 is 19.9 Å². The van der Waals surface area contributed by atoms with E-state index < -0.39 is 0 Å². The standard InChI is InChI=1S/C21H33N3O/c1-16-13-24(14-17(2)25-16)21-6-4-3-5-19(21)12-22-11-18-9-10-23(15-18)20-7-8-20/h3-6,16-18,20,22H,7-15H2,1-2H3/t16-,17+,18-/m1/s1. The average molecular weight is 344 g/mol. The number of nitrogens with zero attached hydrogens (tertiary/aromatic N) is 2. The fraction of sp³-hybridized carbons (Fsp3) is 0.714. The molecule has 4 heteroatoms. The van der Waals surface area contributed by atoms with Crippen molar-refractivity contribution < 1.29 is 4.74 Å². The number of para-hydroxylation sites is 1. The summed E-state index contributed by atoms with van der Waals surface area (Å²) in [6, 6.07) is 9.80. The van der Waals surface area contributed by atoms with Crippen molar-refractivity contribution in [3.05, 3.63) is 29.8 Å². The zero-order valence-corrected chi connectivity index (χ0v) is 15.8. The van der Waals surface area contributed by atoms with E-state index in [2.05, 4.69) is 53.2 Å². The molecule has 1 aromatic carbocycles. The van der Waals surface area contributed by atoms with Crippen molar-refractivity contribution in [2.24, 2.45) is 5.92 Å². The number of hydrogen-bond acceptors (Lipinski definition) is 4. The van der Waals surface area contributed by atoms with Gasteiger partial charge in [0.15, 0.2) is 0 Å². The molecule has 0 aromatic heterocycles. The van der Waals surface area contributed by atoms with E-state index in [1.165, 1.54) is 43.6 Å². The van der Waals surface area contributed by atoms with Gasteiger partial charge in [0, 0.05) is 37.9 Å². The summed E-state index contributed by atoms with van der Waals surface area (Å²) in [6.07, 6.45) is 4.84. The van der Waals surface area contributed by atoms with Crippen molar-refractivity contribution in [1.29, 1.82) is 0 Å². The van der Waals surface area contributed by atoms with Gasteiger partial charge in [0.2, 0.25) is 0 Å². The molecule has 138 valence electrons. The predicted octanol–water partition coefficient (Wildman–Crippen LogP) is 2.87. The van der Waals surface area contributed by atoms with E-state index in [4.69, 9.17) is 4.74 Å². The van der Waals surface area contributed by atoms with E-state index in [1.54, 1.807) is 0 Å². The summed E-state index contributed by atoms with van der Waals surface area (Å²) < 4.78 is 5.90. The van der Waals surface area contributed by atoms with Gasteiger partial charge in [-0.2, -0.15) is 0 Å². The molecule has 1 saturated carbocycles. The summed E-state index contributed by atoms with van der Waals surface area (Å²) in [6.45, 7) is 11.1. The van der Waals surface area contributed by atoms with Crippen LogP contribution in [-0.4, -0.2) is 55.9 Å². The minimum Gasteiger partial charge on any atom is -0.372 e. The van der Waals surface area contributed by atoms with Crippen LogP contribution < -0.4 is 10.2 Å². The van der Waals surface area contributed by atoms with Crippen molar-refractivity contribution in [1.82, 2.24) is 10.2 Å². The average Bonchev–Trinajstić information content (AvgIpc) is 3.34. The SMILES string of the molecule is C[C@@H]1CN(c2ccccc2CNC[C@H]2CCN(C3CC3)C2)C[C@H](C)O1. The minimum atomic E-state index is 0.302. The molecule has 4 rings (SSSR count). The summed E-state index contributed by atoms with van der Waals surface area (Å²) >= 11 is 0. The molecular weight excluding hydrogens is 310 g/mol. The zero-order valence-electron chi connectivity index (χ0n) is 15.8. The fourth-order valence-electron chi connectivity index (χ4n) is 4.55. The normalized spacial score (nSPS) is 30.8. The molecule has 0 bridgehead atoms. The van der Waals surface area contributed by atoms with Gasteiger partial charge in [0.25, 0.3) is 0 Å². The number of nitrogens with one attached hydrogen (secondary N) is 1. The molecule has 4 nitrogen and oxygen atoms in total. The first-order valence-electron chi connectivity index (χ1n) is 10.1. The van der Waals surface area contributed by atoms with Gasteiger partial charge in [0.1, 0.15) is 0 Å². The van der Waals surface area contributed by atoms with Crippen LogP contribution in [0.2, 0.25) is 0 Å². The van der Waals surface area contributed by atoms with Crippen LogP contribution in [0.4, 0.5) is 5.69 Å². The first kappa shape index (κ1) is 17.3. The van der Waals surface area contributed by atoms with Crippen LogP contribution in [0.25, 0.3) is 0 Å². The van der Waals surface area contributed by atoms with Crippen molar-refractivity contribution in [3.63, 3.8) is 0 Å². The summed E-state index contributed by atoms with van der Waals surface area (Å²) in [5.41, 5.74) is 2.80. The number of benzene rings is 1. The number of hydrogen-bond donors (Lipinski definition) is 1. The molecule has 3 atom stereocenters. The van der Waals surface area contributed by atoms with Crippen molar-refractivity contribution in [2.75, 3.05) is 37.6 Å². The second kappa shape index (κ2) is 7.65. The molecule has 2 saturated heterocycles. The summed E-state index contributed by atoms with van der Waals surface area (Å²) in [4.78, 5) is 5.21. The highest BCUT2D eigenvalue weighted by molar-refractivity contribution is 5.54. The molecule has 0 amide bonds. The van der Waals surface area contributed by atoms with E-state index in [0.717, 1.165) is 38.1 Å². The molecule has 3 aliphatic rings. The topological polar surface area (TPSA) is 27.7 Å². The van der Waals surface area contributed by atoms with Gasteiger partial charge in [-0.25, -0.2) is 0 Å². The Labute approximate surface area is 152 Å². The molecule has 2 aliphatic heterocycles. The molecule has 3 fully saturated rings. The lowest BCUT2D eigenvalue weighted by atomic mass is 10.1. The molecule has 1 aromatic rings. The fourth-order valence-corrected chi connectivity index (χ4v) is 4.55. The van der Waals surface area contributed by atoms with Crippen LogP contribution >= 0.6 is 0 Å². The summed E-state index contributed by atoms with van der Waals surface area (Å²) in [5.74, 6) is 0.830. The van der Waals surface area contributed by atoms with Crippen LogP contribution in [0.5, 0.6) is 0 Å². The van der Waals surface area contributed by atoms with Gasteiger partial charge in [-0.15, -0.1) is 0 Å². The first-order chi connectivity index (χ1) is 12.2. The van der Waals surface area contributed by atoms with Crippen molar-refractivity contribution in [2.45, 2.75) is 57.9 Å². The van der Waals surface area contributed by atoms with E-state index in [0.29, 0.717) is 12.2 Å². The van der Waals surface area contributed by atoms with Crippen LogP contribution in [-0.2, 0) is 11.3 Å². The van der Waals surface area contributed by atoms with Gasteiger partial charge in [-0.05, 0) is 63.7 Å². The molecule has 0 radical (unpaired) electrons. The molecule has 0 spiro atoms. The second-order valence-corrected chi connectivity index (χ2v) is 8.30. The Morgan fingerprint density at radius 1 is 1.04 bits per heavy atom. The van der Waals surface area contributed by atoms with E-state index >= 15 is 0 Å². The lowest BCUT2D eigenvalue weighted by molar-refractivity contribution is -0.00526. The summed E-state index contributed by atoms with van der Waals surface area (Å²) in [7, 11) is 0. The van der Waals surface area contributed by atoms with Crippen LogP contribution in [0.15, 0.2) is 24.3 Å². The highest BCUT2D eigenvalue weighted by Gasteiger charge is 2.34. The lowest BCUT2D eigenvalue weighted by Gasteiger charge is -2.37. The number of rotatable bonds is 6. The lowest BCUT2D eigenvalue weighted by Crippen LogP contribution is -2.46. The van der Waals surface area contributed by atoms with E-state index in [1.807, 2.05) is 0 Å². The Morgan fingerprint density at radius 3 is 2.56 bits per heavy atom. The quantitative estimate of drug-likeness (QED) is 0.860. The molecule has 25 heavy (non-hydrogen) atoms. The number of anilines is 1. The highest BCUT2D eigenvalue weighted by Crippen LogP contribution is 2.31. The van der Waals surface area contributed by atoms with Crippen LogP contribution in [0, 0.1) is 5.92 Å². The van der Waals surface area contributed by atoms with Crippen LogP contribution in [0.3, 0.4) is 0 Å². The molecule has 2 heterocycles. The van der Waals surface area contributed by atoms with Crippen molar-refractivity contribution >= 4 is 5.69 Å². The second-order valence-electron chi connectivity index (χ2n) is 8.30. The molecular formula is C21H33N3O. The van der Waals surface area contributed by atoms with Crippen molar-refractivity contribution in [3.8, 4) is 0 Å². The summed E-state index contributed by atoms with van der Waals surface area (Å²) in [5, 5.41) is 3.74. The van der Waals surface area contributed by atoms with Gasteiger partial charge in [-0.3, -0.25) is 0 Å². The maximum absolute atomic E-state index is 5.90. The smallest absolute Gasteiger partial charge is 0.0726 e. The largest absolute Gasteiger partial charge is 0.372 e. The molecule has 0 unspecified atom stereocenters. The van der Waals surface area contributed by atoms with E-state index in [-0.39, 0.29) is 0 Å². The Morgan fingerprint density at radius 2 is 1.80 bits per heavy atom. The maximum Gasteiger partial charge on any atom is 0.0726 e. The predicted molar refractivity (Wildman–Crippen MR) is 103 cm³/mol.